The normalized spacial score (nSPS) is 18.7. The molecule has 1 fully saturated rings. The van der Waals surface area contributed by atoms with E-state index in [0.29, 0.717) is 0 Å². The molecular formula is C16H17NS2. The lowest BCUT2D eigenvalue weighted by Gasteiger charge is -2.33. The molecule has 0 saturated carbocycles. The Hall–Kier alpha value is -1.06. The second kappa shape index (κ2) is 5.93. The van der Waals surface area contributed by atoms with Crippen molar-refractivity contribution in [3.63, 3.8) is 0 Å². The van der Waals surface area contributed by atoms with Crippen LogP contribution in [0.4, 0.5) is 0 Å². The number of H-pyrrole nitrogens is 1. The maximum Gasteiger partial charge on any atom is 0.105 e. The van der Waals surface area contributed by atoms with Crippen LogP contribution in [0.1, 0.15) is 17.7 Å². The molecule has 1 N–H and O–H groups in total. The maximum absolute atomic E-state index is 3.24. The summed E-state index contributed by atoms with van der Waals surface area (Å²) in [5, 5.41) is 0. The van der Waals surface area contributed by atoms with Crippen LogP contribution in [0.15, 0.2) is 54.7 Å². The molecule has 0 atom stereocenters. The summed E-state index contributed by atoms with van der Waals surface area (Å²) in [5.74, 6) is 2.47. The highest BCUT2D eigenvalue weighted by Gasteiger charge is 2.32. The minimum atomic E-state index is 0.0740. The Morgan fingerprint density at radius 2 is 1.79 bits per heavy atom. The van der Waals surface area contributed by atoms with Gasteiger partial charge in [0.2, 0.25) is 0 Å². The first-order valence-electron chi connectivity index (χ1n) is 6.55. The largest absolute Gasteiger partial charge is 0.362 e. The lowest BCUT2D eigenvalue weighted by molar-refractivity contribution is 1.04. The van der Waals surface area contributed by atoms with E-state index >= 15 is 0 Å². The Bertz CT molecular complexity index is 525. The zero-order chi connectivity index (χ0) is 13.0. The van der Waals surface area contributed by atoms with Crippen LogP contribution in [0.2, 0.25) is 0 Å². The number of aromatic nitrogens is 1. The Morgan fingerprint density at radius 3 is 2.47 bits per heavy atom. The molecule has 3 rings (SSSR count). The fourth-order valence-corrected chi connectivity index (χ4v) is 5.36. The molecule has 0 radical (unpaired) electrons. The summed E-state index contributed by atoms with van der Waals surface area (Å²) in [6.45, 7) is 0. The van der Waals surface area contributed by atoms with Crippen LogP contribution in [0.3, 0.4) is 0 Å². The fourth-order valence-electron chi connectivity index (χ4n) is 2.23. The van der Waals surface area contributed by atoms with Crippen LogP contribution < -0.4 is 0 Å². The number of hydrogen-bond donors (Lipinski definition) is 1. The van der Waals surface area contributed by atoms with E-state index in [9.17, 15) is 0 Å². The van der Waals surface area contributed by atoms with Crippen molar-refractivity contribution in [2.24, 2.45) is 0 Å². The number of nitrogens with one attached hydrogen (secondary N) is 1. The molecule has 0 unspecified atom stereocenters. The third kappa shape index (κ3) is 2.93. The Labute approximate surface area is 122 Å². The average molecular weight is 287 g/mol. The van der Waals surface area contributed by atoms with Crippen molar-refractivity contribution in [2.45, 2.75) is 10.5 Å². The highest BCUT2D eigenvalue weighted by atomic mass is 32.2. The predicted molar refractivity (Wildman–Crippen MR) is 87.5 cm³/mol. The molecule has 1 aromatic heterocycles. The summed E-state index contributed by atoms with van der Waals surface area (Å²) in [4.78, 5) is 3.24. The Morgan fingerprint density at radius 1 is 1.00 bits per heavy atom. The van der Waals surface area contributed by atoms with Crippen LogP contribution in [0.25, 0.3) is 6.08 Å². The van der Waals surface area contributed by atoms with Gasteiger partial charge in [-0.1, -0.05) is 36.4 Å². The Kier molecular flexibility index (Phi) is 4.04. The van der Waals surface area contributed by atoms with Gasteiger partial charge in [0, 0.05) is 11.9 Å². The summed E-state index contributed by atoms with van der Waals surface area (Å²) in [6, 6.07) is 15.0. The molecule has 0 spiro atoms. The van der Waals surface area contributed by atoms with Crippen molar-refractivity contribution in [1.82, 2.24) is 4.98 Å². The van der Waals surface area contributed by atoms with Gasteiger partial charge in [0.1, 0.15) is 4.08 Å². The zero-order valence-electron chi connectivity index (χ0n) is 10.7. The maximum atomic E-state index is 3.24. The van der Waals surface area contributed by atoms with E-state index in [4.69, 9.17) is 0 Å². The van der Waals surface area contributed by atoms with E-state index in [-0.39, 0.29) is 4.08 Å². The molecule has 2 heterocycles. The number of thioether (sulfide) groups is 2. The number of benzene rings is 1. The van der Waals surface area contributed by atoms with Gasteiger partial charge in [-0.15, -0.1) is 23.5 Å². The van der Waals surface area contributed by atoms with Crippen LogP contribution >= 0.6 is 23.5 Å². The van der Waals surface area contributed by atoms with Crippen LogP contribution in [-0.2, 0) is 4.08 Å². The smallest absolute Gasteiger partial charge is 0.105 e. The molecule has 2 aromatic rings. The number of rotatable bonds is 3. The van der Waals surface area contributed by atoms with E-state index in [1.54, 1.807) is 0 Å². The van der Waals surface area contributed by atoms with Crippen LogP contribution in [0, 0.1) is 0 Å². The first kappa shape index (κ1) is 12.9. The predicted octanol–water partition coefficient (Wildman–Crippen LogP) is 4.75. The zero-order valence-corrected chi connectivity index (χ0v) is 12.3. The summed E-state index contributed by atoms with van der Waals surface area (Å²) >= 11 is 4.10. The van der Waals surface area contributed by atoms with Gasteiger partial charge in [0.25, 0.3) is 0 Å². The van der Waals surface area contributed by atoms with E-state index < -0.39 is 0 Å². The minimum Gasteiger partial charge on any atom is -0.362 e. The second-order valence-electron chi connectivity index (χ2n) is 4.54. The van der Waals surface area contributed by atoms with Crippen molar-refractivity contribution >= 4 is 29.6 Å². The molecule has 1 nitrogen and oxygen atoms in total. The number of aromatic amines is 1. The molecule has 1 saturated heterocycles. The van der Waals surface area contributed by atoms with Crippen molar-refractivity contribution in [3.8, 4) is 0 Å². The van der Waals surface area contributed by atoms with Gasteiger partial charge in [-0.3, -0.25) is 0 Å². The molecule has 98 valence electrons. The lowest BCUT2D eigenvalue weighted by Crippen LogP contribution is -2.20. The lowest BCUT2D eigenvalue weighted by atomic mass is 10.1. The fraction of sp³-hybridized carbons (Fsp3) is 0.250. The summed E-state index contributed by atoms with van der Waals surface area (Å²) in [6.07, 6.45) is 7.83. The van der Waals surface area contributed by atoms with Gasteiger partial charge >= 0.3 is 0 Å². The first-order valence-corrected chi connectivity index (χ1v) is 8.52. The first-order chi connectivity index (χ1) is 9.39. The summed E-state index contributed by atoms with van der Waals surface area (Å²) < 4.78 is 0.0740. The Balaban J connectivity index is 1.93. The molecule has 0 aliphatic carbocycles. The van der Waals surface area contributed by atoms with Gasteiger partial charge in [0.15, 0.2) is 0 Å². The van der Waals surface area contributed by atoms with E-state index in [1.807, 2.05) is 35.8 Å². The van der Waals surface area contributed by atoms with Gasteiger partial charge in [-0.2, -0.15) is 0 Å². The topological polar surface area (TPSA) is 15.8 Å². The molecule has 3 heteroatoms. The van der Waals surface area contributed by atoms with Gasteiger partial charge in [0.05, 0.1) is 0 Å². The molecule has 19 heavy (non-hydrogen) atoms. The highest BCUT2D eigenvalue weighted by molar-refractivity contribution is 8.18. The summed E-state index contributed by atoms with van der Waals surface area (Å²) in [7, 11) is 0. The highest BCUT2D eigenvalue weighted by Crippen LogP contribution is 2.51. The average Bonchev–Trinajstić information content (AvgIpc) is 3.01. The van der Waals surface area contributed by atoms with Crippen molar-refractivity contribution < 1.29 is 0 Å². The van der Waals surface area contributed by atoms with Gasteiger partial charge in [-0.25, -0.2) is 0 Å². The molecule has 0 amide bonds. The molecule has 1 aliphatic heterocycles. The van der Waals surface area contributed by atoms with Crippen LogP contribution in [0.5, 0.6) is 0 Å². The standard InChI is InChI=1S/C16H17NS2/c1-2-6-14(7-3-1)16(18-12-5-13-19-16)10-9-15-8-4-11-17-15/h1-4,6-11,17H,5,12-13H2. The monoisotopic (exact) mass is 287 g/mol. The quantitative estimate of drug-likeness (QED) is 0.876. The molecular weight excluding hydrogens is 270 g/mol. The van der Waals surface area contributed by atoms with E-state index in [1.165, 1.54) is 29.2 Å². The third-order valence-corrected chi connectivity index (χ3v) is 6.50. The van der Waals surface area contributed by atoms with Gasteiger partial charge in [-0.05, 0) is 41.7 Å². The number of hydrogen-bond acceptors (Lipinski definition) is 2. The van der Waals surface area contributed by atoms with E-state index in [2.05, 4.69) is 53.5 Å². The van der Waals surface area contributed by atoms with E-state index in [0.717, 1.165) is 0 Å². The SMILES string of the molecule is C(=CC1(c2ccccc2)SCCCS1)c1ccc[nH]1. The van der Waals surface area contributed by atoms with Crippen molar-refractivity contribution in [3.05, 3.63) is 66.0 Å². The van der Waals surface area contributed by atoms with Gasteiger partial charge < -0.3 is 4.98 Å². The van der Waals surface area contributed by atoms with Crippen LogP contribution in [-0.4, -0.2) is 16.5 Å². The summed E-state index contributed by atoms with van der Waals surface area (Å²) in [5.41, 5.74) is 2.56. The van der Waals surface area contributed by atoms with Crippen molar-refractivity contribution in [1.29, 1.82) is 0 Å². The third-order valence-electron chi connectivity index (χ3n) is 3.20. The second-order valence-corrected chi connectivity index (χ2v) is 7.48. The molecule has 1 aliphatic rings. The molecule has 0 bridgehead atoms. The van der Waals surface area contributed by atoms with Crippen molar-refractivity contribution in [2.75, 3.05) is 11.5 Å². The minimum absolute atomic E-state index is 0.0740. The molecule has 1 aromatic carbocycles.